The van der Waals surface area contributed by atoms with Gasteiger partial charge >= 0.3 is 0 Å². The molecule has 0 N–H and O–H groups in total. The molecule has 126 valence electrons. The van der Waals surface area contributed by atoms with Crippen molar-refractivity contribution in [2.45, 2.75) is 13.5 Å². The molecule has 11 heteroatoms. The first kappa shape index (κ1) is 16.3. The maximum Gasteiger partial charge on any atom is 0.275 e. The predicted molar refractivity (Wildman–Crippen MR) is 72.4 cm³/mol. The van der Waals surface area contributed by atoms with Gasteiger partial charge in [-0.2, -0.15) is 18.4 Å². The standard InChI is InChI=1S/C13H6F5N3O2S/c1-4-20-21-6(22)2-5(19-13(21)24-4)3-23-12-10(17)8(15)7(14)9(16)11(12)18/h2H,3H2,1H3. The van der Waals surface area contributed by atoms with Crippen molar-refractivity contribution in [1.29, 1.82) is 0 Å². The second-order valence-corrected chi connectivity index (χ2v) is 5.75. The Kier molecular flexibility index (Phi) is 3.95. The summed E-state index contributed by atoms with van der Waals surface area (Å²) >= 11 is 1.08. The molecule has 0 spiro atoms. The number of hydrogen-bond acceptors (Lipinski definition) is 5. The maximum absolute atomic E-state index is 13.5. The van der Waals surface area contributed by atoms with Crippen molar-refractivity contribution in [3.8, 4) is 5.75 Å². The molecular formula is C13H6F5N3O2S. The number of halogens is 5. The van der Waals surface area contributed by atoms with Gasteiger partial charge in [-0.05, 0) is 6.92 Å². The van der Waals surface area contributed by atoms with Crippen LogP contribution >= 0.6 is 11.3 Å². The molecule has 24 heavy (non-hydrogen) atoms. The van der Waals surface area contributed by atoms with E-state index in [1.807, 2.05) is 0 Å². The molecule has 0 unspecified atom stereocenters. The Balaban J connectivity index is 1.96. The second-order valence-electron chi connectivity index (χ2n) is 4.59. The van der Waals surface area contributed by atoms with E-state index in [-0.39, 0.29) is 10.7 Å². The van der Waals surface area contributed by atoms with Crippen LogP contribution in [0.5, 0.6) is 5.75 Å². The smallest absolute Gasteiger partial charge is 0.275 e. The highest BCUT2D eigenvalue weighted by molar-refractivity contribution is 7.16. The molecule has 0 saturated carbocycles. The average molecular weight is 363 g/mol. The molecule has 0 aliphatic rings. The van der Waals surface area contributed by atoms with Gasteiger partial charge in [0.15, 0.2) is 5.75 Å². The van der Waals surface area contributed by atoms with Crippen molar-refractivity contribution in [2.75, 3.05) is 0 Å². The third kappa shape index (κ3) is 2.60. The van der Waals surface area contributed by atoms with E-state index >= 15 is 0 Å². The lowest BCUT2D eigenvalue weighted by molar-refractivity contribution is 0.250. The normalized spacial score (nSPS) is 11.2. The number of hydrogen-bond donors (Lipinski definition) is 0. The topological polar surface area (TPSA) is 56.5 Å². The summed E-state index contributed by atoms with van der Waals surface area (Å²) in [6.07, 6.45) is 0. The van der Waals surface area contributed by atoms with Crippen molar-refractivity contribution in [2.24, 2.45) is 0 Å². The zero-order chi connectivity index (χ0) is 17.6. The van der Waals surface area contributed by atoms with Gasteiger partial charge < -0.3 is 4.74 Å². The molecule has 0 radical (unpaired) electrons. The molecule has 0 fully saturated rings. The summed E-state index contributed by atoms with van der Waals surface area (Å²) in [5, 5.41) is 4.44. The van der Waals surface area contributed by atoms with Crippen LogP contribution in [0, 0.1) is 36.0 Å². The molecule has 2 aromatic heterocycles. The Morgan fingerprint density at radius 1 is 1.08 bits per heavy atom. The van der Waals surface area contributed by atoms with Gasteiger partial charge in [0.25, 0.3) is 5.56 Å². The zero-order valence-corrected chi connectivity index (χ0v) is 12.6. The highest BCUT2D eigenvalue weighted by Gasteiger charge is 2.27. The Morgan fingerprint density at radius 3 is 2.29 bits per heavy atom. The Hall–Kier alpha value is -2.56. The van der Waals surface area contributed by atoms with Gasteiger partial charge in [0, 0.05) is 6.07 Å². The number of rotatable bonds is 3. The summed E-state index contributed by atoms with van der Waals surface area (Å²) in [5.74, 6) is -12.2. The monoisotopic (exact) mass is 363 g/mol. The van der Waals surface area contributed by atoms with Gasteiger partial charge in [-0.3, -0.25) is 4.79 Å². The lowest BCUT2D eigenvalue weighted by Crippen LogP contribution is -2.16. The summed E-state index contributed by atoms with van der Waals surface area (Å²) in [4.78, 5) is 16.0. The molecule has 0 saturated heterocycles. The molecule has 3 rings (SSSR count). The van der Waals surface area contributed by atoms with Crippen molar-refractivity contribution < 1.29 is 26.7 Å². The fraction of sp³-hybridized carbons (Fsp3) is 0.154. The van der Waals surface area contributed by atoms with E-state index < -0.39 is 47.0 Å². The minimum absolute atomic E-state index is 0.0485. The quantitative estimate of drug-likeness (QED) is 0.408. The fourth-order valence-corrected chi connectivity index (χ4v) is 2.65. The van der Waals surface area contributed by atoms with Gasteiger partial charge in [-0.25, -0.2) is 18.2 Å². The van der Waals surface area contributed by atoms with Crippen LogP contribution in [-0.2, 0) is 6.61 Å². The van der Waals surface area contributed by atoms with Crippen molar-refractivity contribution >= 4 is 16.3 Å². The molecule has 0 aliphatic carbocycles. The summed E-state index contributed by atoms with van der Waals surface area (Å²) in [7, 11) is 0. The summed E-state index contributed by atoms with van der Waals surface area (Å²) in [6.45, 7) is 0.977. The largest absolute Gasteiger partial charge is 0.481 e. The third-order valence-corrected chi connectivity index (χ3v) is 3.76. The molecule has 0 atom stereocenters. The first-order valence-electron chi connectivity index (χ1n) is 6.30. The van der Waals surface area contributed by atoms with Crippen LogP contribution in [0.2, 0.25) is 0 Å². The van der Waals surface area contributed by atoms with Crippen LogP contribution in [0.4, 0.5) is 22.0 Å². The highest BCUT2D eigenvalue weighted by Crippen LogP contribution is 2.29. The van der Waals surface area contributed by atoms with E-state index in [1.54, 1.807) is 6.92 Å². The van der Waals surface area contributed by atoms with Crippen LogP contribution in [0.1, 0.15) is 10.7 Å². The summed E-state index contributed by atoms with van der Waals surface area (Å²) in [6, 6.07) is 0.984. The van der Waals surface area contributed by atoms with E-state index in [0.29, 0.717) is 5.01 Å². The fourth-order valence-electron chi connectivity index (χ4n) is 1.88. The number of ether oxygens (including phenoxy) is 1. The Morgan fingerprint density at radius 2 is 1.67 bits per heavy atom. The average Bonchev–Trinajstić information content (AvgIpc) is 2.92. The van der Waals surface area contributed by atoms with Crippen LogP contribution in [0.3, 0.4) is 0 Å². The molecule has 0 aliphatic heterocycles. The first-order valence-corrected chi connectivity index (χ1v) is 7.12. The molecule has 1 aromatic carbocycles. The van der Waals surface area contributed by atoms with Crippen molar-refractivity contribution in [3.63, 3.8) is 0 Å². The van der Waals surface area contributed by atoms with E-state index in [2.05, 4.69) is 14.8 Å². The van der Waals surface area contributed by atoms with Gasteiger partial charge in [0.2, 0.25) is 34.0 Å². The second kappa shape index (κ2) is 5.82. The molecule has 3 aromatic rings. The number of aryl methyl sites for hydroxylation is 1. The molecular weight excluding hydrogens is 357 g/mol. The molecule has 0 amide bonds. The maximum atomic E-state index is 13.5. The van der Waals surface area contributed by atoms with Gasteiger partial charge in [0.1, 0.15) is 11.6 Å². The highest BCUT2D eigenvalue weighted by atomic mass is 32.1. The predicted octanol–water partition coefficient (Wildman–Crippen LogP) is 2.73. The van der Waals surface area contributed by atoms with E-state index in [4.69, 9.17) is 0 Å². The zero-order valence-electron chi connectivity index (χ0n) is 11.7. The third-order valence-electron chi connectivity index (χ3n) is 2.93. The SMILES string of the molecule is Cc1nn2c(=O)cc(COc3c(F)c(F)c(F)c(F)c3F)nc2s1. The molecule has 5 nitrogen and oxygen atoms in total. The summed E-state index contributed by atoms with van der Waals surface area (Å²) < 4.78 is 71.8. The van der Waals surface area contributed by atoms with Crippen LogP contribution in [-0.4, -0.2) is 14.6 Å². The van der Waals surface area contributed by atoms with Crippen molar-refractivity contribution in [3.05, 3.63) is 56.2 Å². The Bertz CT molecular complexity index is 988. The lowest BCUT2D eigenvalue weighted by Gasteiger charge is -2.09. The van der Waals surface area contributed by atoms with Crippen molar-refractivity contribution in [1.82, 2.24) is 14.6 Å². The van der Waals surface area contributed by atoms with Crippen LogP contribution in [0.25, 0.3) is 4.96 Å². The Labute approximate surface area is 133 Å². The number of aromatic nitrogens is 3. The number of nitrogens with zero attached hydrogens (tertiary/aromatic N) is 3. The minimum atomic E-state index is -2.28. The lowest BCUT2D eigenvalue weighted by atomic mass is 10.2. The van der Waals surface area contributed by atoms with Gasteiger partial charge in [-0.15, -0.1) is 0 Å². The van der Waals surface area contributed by atoms with E-state index in [9.17, 15) is 26.7 Å². The molecule has 0 bridgehead atoms. The first-order chi connectivity index (χ1) is 11.3. The number of fused-ring (bicyclic) bond motifs is 1. The van der Waals surface area contributed by atoms with Crippen LogP contribution < -0.4 is 10.3 Å². The van der Waals surface area contributed by atoms with E-state index in [1.165, 1.54) is 0 Å². The number of benzene rings is 1. The minimum Gasteiger partial charge on any atom is -0.481 e. The molecule has 2 heterocycles. The summed E-state index contributed by atoms with van der Waals surface area (Å²) in [5.41, 5.74) is -0.618. The van der Waals surface area contributed by atoms with Crippen LogP contribution in [0.15, 0.2) is 10.9 Å². The van der Waals surface area contributed by atoms with Gasteiger partial charge in [0.05, 0.1) is 5.69 Å². The van der Waals surface area contributed by atoms with E-state index in [0.717, 1.165) is 21.9 Å². The van der Waals surface area contributed by atoms with Gasteiger partial charge in [-0.1, -0.05) is 11.3 Å².